The molecule has 3 aromatic heterocycles. The highest BCUT2D eigenvalue weighted by Crippen LogP contribution is 2.22. The first kappa shape index (κ1) is 11.8. The molecule has 0 aliphatic rings. The molecule has 0 aliphatic carbocycles. The van der Waals surface area contributed by atoms with Gasteiger partial charge in [0.1, 0.15) is 5.52 Å². The van der Waals surface area contributed by atoms with Gasteiger partial charge in [-0.1, -0.05) is 24.3 Å². The van der Waals surface area contributed by atoms with Crippen LogP contribution in [0, 0.1) is 0 Å². The molecular weight excluding hydrogens is 264 g/mol. The predicted octanol–water partition coefficient (Wildman–Crippen LogP) is 2.42. The highest BCUT2D eigenvalue weighted by atomic mass is 15.1. The van der Waals surface area contributed by atoms with Crippen molar-refractivity contribution in [3.63, 3.8) is 0 Å². The summed E-state index contributed by atoms with van der Waals surface area (Å²) < 4.78 is 1.90. The Bertz CT molecular complexity index is 890. The largest absolute Gasteiger partial charge is 0.331 e. The van der Waals surface area contributed by atoms with E-state index in [4.69, 9.17) is 0 Å². The molecule has 0 saturated heterocycles. The molecule has 4 aromatic rings. The molecule has 0 atom stereocenters. The van der Waals surface area contributed by atoms with Crippen molar-refractivity contribution in [1.29, 1.82) is 0 Å². The van der Waals surface area contributed by atoms with E-state index in [2.05, 4.69) is 25.1 Å². The summed E-state index contributed by atoms with van der Waals surface area (Å²) in [6, 6.07) is 8.08. The zero-order valence-corrected chi connectivity index (χ0v) is 11.4. The number of nitrogens with zero attached hydrogens (tertiary/aromatic N) is 5. The fourth-order valence-electron chi connectivity index (χ4n) is 2.27. The quantitative estimate of drug-likeness (QED) is 0.610. The van der Waals surface area contributed by atoms with Crippen molar-refractivity contribution in [3.8, 4) is 22.5 Å². The summed E-state index contributed by atoms with van der Waals surface area (Å²) in [5.74, 6) is 0.681. The Morgan fingerprint density at radius 1 is 0.952 bits per heavy atom. The lowest BCUT2D eigenvalue weighted by atomic mass is 10.1. The van der Waals surface area contributed by atoms with E-state index >= 15 is 0 Å². The zero-order valence-electron chi connectivity index (χ0n) is 11.4. The van der Waals surface area contributed by atoms with Crippen LogP contribution in [0.4, 0.5) is 0 Å². The van der Waals surface area contributed by atoms with Gasteiger partial charge in [-0.2, -0.15) is 5.10 Å². The maximum absolute atomic E-state index is 4.50. The third-order valence-corrected chi connectivity index (χ3v) is 3.46. The lowest BCUT2D eigenvalue weighted by Gasteiger charge is -2.02. The van der Waals surface area contributed by atoms with Crippen LogP contribution in [0.5, 0.6) is 0 Å². The van der Waals surface area contributed by atoms with Gasteiger partial charge < -0.3 is 4.57 Å². The van der Waals surface area contributed by atoms with Crippen molar-refractivity contribution in [2.75, 3.05) is 0 Å². The molecule has 0 unspecified atom stereocenters. The molecule has 6 nitrogen and oxygen atoms in total. The van der Waals surface area contributed by atoms with Crippen molar-refractivity contribution in [2.45, 2.75) is 0 Å². The van der Waals surface area contributed by atoms with E-state index in [9.17, 15) is 0 Å². The fourth-order valence-corrected chi connectivity index (χ4v) is 2.27. The number of nitrogens with one attached hydrogen (secondary N) is 1. The second-order valence-corrected chi connectivity index (χ2v) is 4.82. The van der Waals surface area contributed by atoms with Crippen molar-refractivity contribution < 1.29 is 0 Å². The third kappa shape index (κ3) is 1.97. The summed E-state index contributed by atoms with van der Waals surface area (Å²) in [7, 11) is 1.93. The molecule has 0 amide bonds. The molecule has 1 aromatic carbocycles. The lowest BCUT2D eigenvalue weighted by Crippen LogP contribution is -1.91. The molecule has 0 saturated carbocycles. The van der Waals surface area contributed by atoms with Crippen molar-refractivity contribution in [2.24, 2.45) is 7.05 Å². The minimum atomic E-state index is 0.681. The van der Waals surface area contributed by atoms with Crippen LogP contribution in [0.15, 0.2) is 49.2 Å². The van der Waals surface area contributed by atoms with Gasteiger partial charge in [-0.05, 0) is 5.56 Å². The van der Waals surface area contributed by atoms with Gasteiger partial charge in [0.15, 0.2) is 11.5 Å². The van der Waals surface area contributed by atoms with Crippen LogP contribution in [-0.2, 0) is 7.05 Å². The number of rotatable bonds is 2. The monoisotopic (exact) mass is 276 g/mol. The van der Waals surface area contributed by atoms with Crippen LogP contribution in [0.25, 0.3) is 33.7 Å². The second-order valence-electron chi connectivity index (χ2n) is 4.82. The van der Waals surface area contributed by atoms with Gasteiger partial charge in [0.25, 0.3) is 0 Å². The SMILES string of the molecule is Cn1cnc2nc(-c3ccc(-c4cn[nH]c4)cc3)ncc21. The number of aromatic amines is 1. The molecule has 0 aliphatic heterocycles. The Morgan fingerprint density at radius 3 is 2.52 bits per heavy atom. The van der Waals surface area contributed by atoms with Gasteiger partial charge in [0.2, 0.25) is 0 Å². The van der Waals surface area contributed by atoms with Gasteiger partial charge in [0, 0.05) is 24.4 Å². The van der Waals surface area contributed by atoms with Crippen molar-refractivity contribution >= 4 is 11.2 Å². The molecule has 3 heterocycles. The summed E-state index contributed by atoms with van der Waals surface area (Å²) in [5, 5.41) is 6.77. The van der Waals surface area contributed by atoms with Gasteiger partial charge in [-0.15, -0.1) is 0 Å². The topological polar surface area (TPSA) is 72.3 Å². The van der Waals surface area contributed by atoms with Crippen LogP contribution in [0.3, 0.4) is 0 Å². The van der Waals surface area contributed by atoms with Crippen LogP contribution >= 0.6 is 0 Å². The third-order valence-electron chi connectivity index (χ3n) is 3.46. The van der Waals surface area contributed by atoms with Gasteiger partial charge in [-0.25, -0.2) is 15.0 Å². The van der Waals surface area contributed by atoms with Gasteiger partial charge >= 0.3 is 0 Å². The first-order valence-corrected chi connectivity index (χ1v) is 6.55. The molecule has 21 heavy (non-hydrogen) atoms. The number of fused-ring (bicyclic) bond motifs is 1. The summed E-state index contributed by atoms with van der Waals surface area (Å²) in [6.07, 6.45) is 7.21. The van der Waals surface area contributed by atoms with E-state index in [1.54, 1.807) is 18.7 Å². The Kier molecular flexibility index (Phi) is 2.53. The van der Waals surface area contributed by atoms with E-state index in [0.29, 0.717) is 11.5 Å². The predicted molar refractivity (Wildman–Crippen MR) is 79.3 cm³/mol. The number of H-pyrrole nitrogens is 1. The van der Waals surface area contributed by atoms with E-state index < -0.39 is 0 Å². The molecule has 0 spiro atoms. The number of hydrogen-bond donors (Lipinski definition) is 1. The fraction of sp³-hybridized carbons (Fsp3) is 0.0667. The Hall–Kier alpha value is -3.02. The average molecular weight is 276 g/mol. The standard InChI is InChI=1S/C15H12N6/c1-21-9-17-15-13(21)8-16-14(20-15)11-4-2-10(3-5-11)12-6-18-19-7-12/h2-9H,1H3,(H,18,19). The Balaban J connectivity index is 1.74. The van der Waals surface area contributed by atoms with Crippen molar-refractivity contribution in [3.05, 3.63) is 49.2 Å². The molecular formula is C15H12N6. The molecule has 4 rings (SSSR count). The molecule has 0 bridgehead atoms. The normalized spacial score (nSPS) is 11.1. The van der Waals surface area contributed by atoms with E-state index in [1.165, 1.54) is 0 Å². The van der Waals surface area contributed by atoms with Crippen molar-refractivity contribution in [1.82, 2.24) is 29.7 Å². The van der Waals surface area contributed by atoms with E-state index in [0.717, 1.165) is 22.2 Å². The highest BCUT2D eigenvalue weighted by molar-refractivity contribution is 5.73. The maximum atomic E-state index is 4.50. The van der Waals surface area contributed by atoms with Crippen LogP contribution < -0.4 is 0 Å². The maximum Gasteiger partial charge on any atom is 0.181 e. The molecule has 0 fully saturated rings. The summed E-state index contributed by atoms with van der Waals surface area (Å²) >= 11 is 0. The summed E-state index contributed by atoms with van der Waals surface area (Å²) in [6.45, 7) is 0. The summed E-state index contributed by atoms with van der Waals surface area (Å²) in [4.78, 5) is 13.2. The van der Waals surface area contributed by atoms with Crippen LogP contribution in [0.1, 0.15) is 0 Å². The molecule has 6 heteroatoms. The lowest BCUT2D eigenvalue weighted by molar-refractivity contribution is 0.944. The first-order valence-electron chi connectivity index (χ1n) is 6.55. The van der Waals surface area contributed by atoms with Crippen LogP contribution in [0.2, 0.25) is 0 Å². The van der Waals surface area contributed by atoms with Gasteiger partial charge in [0.05, 0.1) is 18.7 Å². The number of hydrogen-bond acceptors (Lipinski definition) is 4. The Morgan fingerprint density at radius 2 is 1.76 bits per heavy atom. The Labute approximate surface area is 120 Å². The zero-order chi connectivity index (χ0) is 14.2. The number of aryl methyl sites for hydroxylation is 1. The molecule has 102 valence electrons. The smallest absolute Gasteiger partial charge is 0.181 e. The van der Waals surface area contributed by atoms with Crippen LogP contribution in [-0.4, -0.2) is 29.7 Å². The number of imidazole rings is 1. The van der Waals surface area contributed by atoms with E-state index in [1.807, 2.05) is 42.1 Å². The molecule has 1 N–H and O–H groups in total. The minimum Gasteiger partial charge on any atom is -0.331 e. The molecule has 0 radical (unpaired) electrons. The highest BCUT2D eigenvalue weighted by Gasteiger charge is 2.07. The second kappa shape index (κ2) is 4.52. The minimum absolute atomic E-state index is 0.681. The number of aromatic nitrogens is 6. The first-order chi connectivity index (χ1) is 10.3. The summed E-state index contributed by atoms with van der Waals surface area (Å²) in [5.41, 5.74) is 4.76. The van der Waals surface area contributed by atoms with Gasteiger partial charge in [-0.3, -0.25) is 5.10 Å². The average Bonchev–Trinajstić information content (AvgIpc) is 3.18. The number of benzene rings is 1. The van der Waals surface area contributed by atoms with E-state index in [-0.39, 0.29) is 0 Å².